The molecule has 0 unspecified atom stereocenters. The molecule has 0 aliphatic carbocycles. The van der Waals surface area contributed by atoms with Gasteiger partial charge in [-0.15, -0.1) is 12.4 Å². The fourth-order valence-corrected chi connectivity index (χ4v) is 1.33. The van der Waals surface area contributed by atoms with Gasteiger partial charge in [0.25, 0.3) is 0 Å². The van der Waals surface area contributed by atoms with Crippen molar-refractivity contribution < 1.29 is 4.79 Å². The molecule has 1 saturated heterocycles. The van der Waals surface area contributed by atoms with Crippen LogP contribution in [0.3, 0.4) is 0 Å². The van der Waals surface area contributed by atoms with Gasteiger partial charge in [-0.05, 0) is 13.3 Å². The van der Waals surface area contributed by atoms with Gasteiger partial charge in [0.1, 0.15) is 0 Å². The van der Waals surface area contributed by atoms with E-state index in [1.54, 1.807) is 6.92 Å². The monoisotopic (exact) mass is 178 g/mol. The van der Waals surface area contributed by atoms with Crippen molar-refractivity contribution in [3.05, 3.63) is 0 Å². The zero-order valence-corrected chi connectivity index (χ0v) is 7.70. The molecular formula is C7H15ClN2O. The Bertz CT molecular complexity index is 140. The Morgan fingerprint density at radius 3 is 2.64 bits per heavy atom. The number of rotatable bonds is 1. The van der Waals surface area contributed by atoms with E-state index in [1.165, 1.54) is 0 Å². The molecule has 0 spiro atoms. The minimum atomic E-state index is 0. The molecule has 1 heterocycles. The van der Waals surface area contributed by atoms with Crippen LogP contribution in [-0.4, -0.2) is 24.5 Å². The van der Waals surface area contributed by atoms with E-state index in [2.05, 4.69) is 17.6 Å². The lowest BCUT2D eigenvalue weighted by Crippen LogP contribution is -2.34. The Balaban J connectivity index is 0.000001000. The highest BCUT2D eigenvalue weighted by molar-refractivity contribution is 5.85. The van der Waals surface area contributed by atoms with Crippen LogP contribution >= 0.6 is 12.4 Å². The molecule has 0 radical (unpaired) electrons. The summed E-state index contributed by atoms with van der Waals surface area (Å²) < 4.78 is 0. The van der Waals surface area contributed by atoms with Crippen LogP contribution in [0.2, 0.25) is 0 Å². The maximum atomic E-state index is 10.6. The largest absolute Gasteiger partial charge is 0.352 e. The smallest absolute Gasteiger partial charge is 0.217 e. The minimum absolute atomic E-state index is 0. The van der Waals surface area contributed by atoms with E-state index < -0.39 is 0 Å². The second kappa shape index (κ2) is 4.57. The zero-order chi connectivity index (χ0) is 7.56. The molecule has 1 rings (SSSR count). The van der Waals surface area contributed by atoms with Crippen molar-refractivity contribution in [3.8, 4) is 0 Å². The van der Waals surface area contributed by atoms with Crippen molar-refractivity contribution in [1.82, 2.24) is 10.6 Å². The first-order chi connectivity index (χ1) is 4.68. The molecule has 11 heavy (non-hydrogen) atoms. The van der Waals surface area contributed by atoms with E-state index in [0.29, 0.717) is 12.1 Å². The predicted molar refractivity (Wildman–Crippen MR) is 46.9 cm³/mol. The lowest BCUT2D eigenvalue weighted by atomic mass is 10.2. The standard InChI is InChI=1S/C7H14N2O.ClH/c1-5-3-7(4-8-5)9-6(2)10;/h5,7-8H,3-4H2,1-2H3,(H,9,10);1H/t5-,7-;/m0./s1. The molecule has 1 aliphatic heterocycles. The molecule has 3 nitrogen and oxygen atoms in total. The highest BCUT2D eigenvalue weighted by Gasteiger charge is 2.20. The topological polar surface area (TPSA) is 41.1 Å². The normalized spacial score (nSPS) is 29.3. The van der Waals surface area contributed by atoms with Gasteiger partial charge in [-0.2, -0.15) is 0 Å². The molecule has 0 aromatic heterocycles. The van der Waals surface area contributed by atoms with Crippen LogP contribution in [0.15, 0.2) is 0 Å². The molecule has 4 heteroatoms. The van der Waals surface area contributed by atoms with Crippen LogP contribution in [0.4, 0.5) is 0 Å². The highest BCUT2D eigenvalue weighted by atomic mass is 35.5. The fraction of sp³-hybridized carbons (Fsp3) is 0.857. The summed E-state index contributed by atoms with van der Waals surface area (Å²) in [5.41, 5.74) is 0. The quantitative estimate of drug-likeness (QED) is 0.607. The number of amides is 1. The number of hydrogen-bond donors (Lipinski definition) is 2. The van der Waals surface area contributed by atoms with Gasteiger partial charge in [0.05, 0.1) is 0 Å². The SMILES string of the molecule is CC(=O)N[C@@H]1CN[C@@H](C)C1.Cl. The van der Waals surface area contributed by atoms with Crippen molar-refractivity contribution in [2.24, 2.45) is 0 Å². The molecule has 2 N–H and O–H groups in total. The number of nitrogens with one attached hydrogen (secondary N) is 2. The Morgan fingerprint density at radius 2 is 2.27 bits per heavy atom. The summed E-state index contributed by atoms with van der Waals surface area (Å²) in [5, 5.41) is 6.13. The van der Waals surface area contributed by atoms with Crippen LogP contribution in [0.5, 0.6) is 0 Å². The molecule has 1 fully saturated rings. The molecule has 0 saturated carbocycles. The second-order valence-corrected chi connectivity index (χ2v) is 2.94. The van der Waals surface area contributed by atoms with Gasteiger partial charge >= 0.3 is 0 Å². The summed E-state index contributed by atoms with van der Waals surface area (Å²) in [6.07, 6.45) is 1.06. The van der Waals surface area contributed by atoms with Crippen LogP contribution < -0.4 is 10.6 Å². The van der Waals surface area contributed by atoms with E-state index in [1.807, 2.05) is 0 Å². The van der Waals surface area contributed by atoms with Crippen molar-refractivity contribution in [1.29, 1.82) is 0 Å². The number of carbonyl (C=O) groups excluding carboxylic acids is 1. The number of halogens is 1. The lowest BCUT2D eigenvalue weighted by Gasteiger charge is -2.07. The fourth-order valence-electron chi connectivity index (χ4n) is 1.33. The molecule has 0 aromatic rings. The first-order valence-corrected chi connectivity index (χ1v) is 3.69. The van der Waals surface area contributed by atoms with Crippen LogP contribution in [0.25, 0.3) is 0 Å². The van der Waals surface area contributed by atoms with Crippen LogP contribution in [0, 0.1) is 0 Å². The summed E-state index contributed by atoms with van der Waals surface area (Å²) in [6, 6.07) is 0.907. The molecule has 0 bridgehead atoms. The van der Waals surface area contributed by atoms with Gasteiger partial charge < -0.3 is 10.6 Å². The van der Waals surface area contributed by atoms with Crippen molar-refractivity contribution >= 4 is 18.3 Å². The van der Waals surface area contributed by atoms with Crippen LogP contribution in [0.1, 0.15) is 20.3 Å². The first-order valence-electron chi connectivity index (χ1n) is 3.69. The molecule has 1 amide bonds. The first kappa shape index (κ1) is 10.7. The van der Waals surface area contributed by atoms with E-state index in [-0.39, 0.29) is 18.3 Å². The molecule has 0 aromatic carbocycles. The molecule has 2 atom stereocenters. The predicted octanol–water partition coefficient (Wildman–Crippen LogP) is 0.295. The highest BCUT2D eigenvalue weighted by Crippen LogP contribution is 2.04. The lowest BCUT2D eigenvalue weighted by molar-refractivity contribution is -0.119. The summed E-state index contributed by atoms with van der Waals surface area (Å²) in [7, 11) is 0. The summed E-state index contributed by atoms with van der Waals surface area (Å²) in [5.74, 6) is 0.0703. The maximum Gasteiger partial charge on any atom is 0.217 e. The van der Waals surface area contributed by atoms with Gasteiger partial charge in [0, 0.05) is 25.6 Å². The van der Waals surface area contributed by atoms with Crippen molar-refractivity contribution in [2.45, 2.75) is 32.4 Å². The number of hydrogen-bond acceptors (Lipinski definition) is 2. The summed E-state index contributed by atoms with van der Waals surface area (Å²) in [6.45, 7) is 4.60. The third-order valence-corrected chi connectivity index (χ3v) is 1.76. The minimum Gasteiger partial charge on any atom is -0.352 e. The van der Waals surface area contributed by atoms with Gasteiger partial charge in [0.2, 0.25) is 5.91 Å². The van der Waals surface area contributed by atoms with E-state index >= 15 is 0 Å². The maximum absolute atomic E-state index is 10.6. The molecule has 66 valence electrons. The Labute approximate surface area is 73.3 Å². The van der Waals surface area contributed by atoms with Crippen LogP contribution in [-0.2, 0) is 4.79 Å². The average Bonchev–Trinajstić information content (AvgIpc) is 2.13. The summed E-state index contributed by atoms with van der Waals surface area (Å²) in [4.78, 5) is 10.6. The van der Waals surface area contributed by atoms with Gasteiger partial charge in [-0.3, -0.25) is 4.79 Å². The summed E-state index contributed by atoms with van der Waals surface area (Å²) >= 11 is 0. The zero-order valence-electron chi connectivity index (χ0n) is 6.89. The van der Waals surface area contributed by atoms with E-state index in [0.717, 1.165) is 13.0 Å². The van der Waals surface area contributed by atoms with Crippen molar-refractivity contribution in [3.63, 3.8) is 0 Å². The van der Waals surface area contributed by atoms with Crippen molar-refractivity contribution in [2.75, 3.05) is 6.54 Å². The van der Waals surface area contributed by atoms with E-state index in [4.69, 9.17) is 0 Å². The molecular weight excluding hydrogens is 164 g/mol. The Hall–Kier alpha value is -0.280. The van der Waals surface area contributed by atoms with Gasteiger partial charge in [-0.1, -0.05) is 0 Å². The van der Waals surface area contributed by atoms with E-state index in [9.17, 15) is 4.79 Å². The second-order valence-electron chi connectivity index (χ2n) is 2.94. The third-order valence-electron chi connectivity index (χ3n) is 1.76. The average molecular weight is 179 g/mol. The van der Waals surface area contributed by atoms with Gasteiger partial charge in [-0.25, -0.2) is 0 Å². The molecule has 1 aliphatic rings. The van der Waals surface area contributed by atoms with Gasteiger partial charge in [0.15, 0.2) is 0 Å². The Kier molecular flexibility index (Phi) is 4.45. The third kappa shape index (κ3) is 3.58. The number of carbonyl (C=O) groups is 1. The Morgan fingerprint density at radius 1 is 1.64 bits per heavy atom.